The number of rotatable bonds is 3. The Balaban J connectivity index is 1.70. The van der Waals surface area contributed by atoms with E-state index in [2.05, 4.69) is 12.2 Å². The van der Waals surface area contributed by atoms with Gasteiger partial charge in [0, 0.05) is 18.7 Å². The van der Waals surface area contributed by atoms with Crippen LogP contribution in [0.3, 0.4) is 0 Å². The fourth-order valence-electron chi connectivity index (χ4n) is 1.83. The zero-order chi connectivity index (χ0) is 9.86. The normalized spacial score (nSPS) is 38.8. The zero-order valence-corrected chi connectivity index (χ0v) is 8.75. The molecule has 0 aromatic rings. The highest BCUT2D eigenvalue weighted by molar-refractivity contribution is 4.87. The first kappa shape index (κ1) is 10.4. The van der Waals surface area contributed by atoms with Gasteiger partial charge in [-0.05, 0) is 19.8 Å². The lowest BCUT2D eigenvalue weighted by Crippen LogP contribution is -2.47. The molecule has 2 saturated heterocycles. The summed E-state index contributed by atoms with van der Waals surface area (Å²) >= 11 is 0. The fraction of sp³-hybridized carbons (Fsp3) is 1.00. The van der Waals surface area contributed by atoms with E-state index in [1.807, 2.05) is 0 Å². The van der Waals surface area contributed by atoms with Crippen LogP contribution in [0.1, 0.15) is 19.8 Å². The number of hydrogen-bond acceptors (Lipinski definition) is 4. The van der Waals surface area contributed by atoms with Gasteiger partial charge < -0.3 is 19.5 Å². The Hall–Kier alpha value is -0.160. The molecule has 0 spiro atoms. The third-order valence-corrected chi connectivity index (χ3v) is 2.95. The SMILES string of the molecule is CC1(NCC2CCOCO2)CCOC1. The molecule has 82 valence electrons. The van der Waals surface area contributed by atoms with Crippen molar-refractivity contribution in [3.8, 4) is 0 Å². The molecule has 4 heteroatoms. The fourth-order valence-corrected chi connectivity index (χ4v) is 1.83. The Morgan fingerprint density at radius 3 is 2.93 bits per heavy atom. The topological polar surface area (TPSA) is 39.7 Å². The maximum absolute atomic E-state index is 5.46. The predicted molar refractivity (Wildman–Crippen MR) is 52.2 cm³/mol. The summed E-state index contributed by atoms with van der Waals surface area (Å²) < 4.78 is 16.0. The molecule has 2 unspecified atom stereocenters. The molecule has 0 aromatic carbocycles. The van der Waals surface area contributed by atoms with Crippen LogP contribution in [0.5, 0.6) is 0 Å². The molecular weight excluding hydrogens is 182 g/mol. The molecule has 2 heterocycles. The molecule has 0 aromatic heterocycles. The maximum Gasteiger partial charge on any atom is 0.147 e. The second kappa shape index (κ2) is 4.57. The Morgan fingerprint density at radius 2 is 2.29 bits per heavy atom. The molecule has 0 radical (unpaired) electrons. The summed E-state index contributed by atoms with van der Waals surface area (Å²) in [4.78, 5) is 0. The van der Waals surface area contributed by atoms with Crippen LogP contribution < -0.4 is 5.32 Å². The molecule has 0 amide bonds. The first-order valence-electron chi connectivity index (χ1n) is 5.31. The smallest absolute Gasteiger partial charge is 0.147 e. The largest absolute Gasteiger partial charge is 0.379 e. The first-order valence-corrected chi connectivity index (χ1v) is 5.31. The van der Waals surface area contributed by atoms with Gasteiger partial charge in [-0.3, -0.25) is 0 Å². The van der Waals surface area contributed by atoms with E-state index in [4.69, 9.17) is 14.2 Å². The quantitative estimate of drug-likeness (QED) is 0.722. The van der Waals surface area contributed by atoms with Crippen LogP contribution in [0, 0.1) is 0 Å². The van der Waals surface area contributed by atoms with Crippen LogP contribution in [0.25, 0.3) is 0 Å². The molecule has 2 atom stereocenters. The lowest BCUT2D eigenvalue weighted by molar-refractivity contribution is -0.138. The summed E-state index contributed by atoms with van der Waals surface area (Å²) in [6, 6.07) is 0. The van der Waals surface area contributed by atoms with Gasteiger partial charge in [-0.25, -0.2) is 0 Å². The van der Waals surface area contributed by atoms with Crippen molar-refractivity contribution in [3.63, 3.8) is 0 Å². The Labute approximate surface area is 84.9 Å². The standard InChI is InChI=1S/C10H19NO3/c1-10(3-5-12-7-10)11-6-9-2-4-13-8-14-9/h9,11H,2-8H2,1H3. The average molecular weight is 201 g/mol. The summed E-state index contributed by atoms with van der Waals surface area (Å²) in [5.41, 5.74) is 0.154. The summed E-state index contributed by atoms with van der Waals surface area (Å²) in [6.45, 7) is 6.07. The van der Waals surface area contributed by atoms with Crippen molar-refractivity contribution in [3.05, 3.63) is 0 Å². The minimum absolute atomic E-state index is 0.154. The molecule has 2 fully saturated rings. The lowest BCUT2D eigenvalue weighted by atomic mass is 10.0. The van der Waals surface area contributed by atoms with Gasteiger partial charge in [-0.15, -0.1) is 0 Å². The van der Waals surface area contributed by atoms with E-state index in [9.17, 15) is 0 Å². The van der Waals surface area contributed by atoms with E-state index in [-0.39, 0.29) is 5.54 Å². The molecule has 14 heavy (non-hydrogen) atoms. The summed E-state index contributed by atoms with van der Waals surface area (Å²) in [5.74, 6) is 0. The molecule has 0 aliphatic carbocycles. The molecular formula is C10H19NO3. The third kappa shape index (κ3) is 2.67. The summed E-state index contributed by atoms with van der Waals surface area (Å²) in [5, 5.41) is 3.52. The molecule has 0 saturated carbocycles. The second-order valence-electron chi connectivity index (χ2n) is 4.35. The van der Waals surface area contributed by atoms with Crippen LogP contribution in [-0.4, -0.2) is 44.8 Å². The maximum atomic E-state index is 5.46. The summed E-state index contributed by atoms with van der Waals surface area (Å²) in [6.07, 6.45) is 2.39. The van der Waals surface area contributed by atoms with Crippen molar-refractivity contribution in [2.24, 2.45) is 0 Å². The van der Waals surface area contributed by atoms with E-state index >= 15 is 0 Å². The van der Waals surface area contributed by atoms with Crippen molar-refractivity contribution < 1.29 is 14.2 Å². The number of hydrogen-bond donors (Lipinski definition) is 1. The highest BCUT2D eigenvalue weighted by atomic mass is 16.7. The first-order chi connectivity index (χ1) is 6.79. The zero-order valence-electron chi connectivity index (χ0n) is 8.75. The van der Waals surface area contributed by atoms with Gasteiger partial charge >= 0.3 is 0 Å². The molecule has 4 nitrogen and oxygen atoms in total. The average Bonchev–Trinajstić information content (AvgIpc) is 2.65. The minimum Gasteiger partial charge on any atom is -0.379 e. The van der Waals surface area contributed by atoms with Crippen molar-refractivity contribution in [1.29, 1.82) is 0 Å². The Morgan fingerprint density at radius 1 is 1.36 bits per heavy atom. The van der Waals surface area contributed by atoms with Gasteiger partial charge in [0.05, 0.1) is 19.3 Å². The van der Waals surface area contributed by atoms with Gasteiger partial charge in [0.2, 0.25) is 0 Å². The third-order valence-electron chi connectivity index (χ3n) is 2.95. The van der Waals surface area contributed by atoms with Crippen LogP contribution in [0.15, 0.2) is 0 Å². The minimum atomic E-state index is 0.154. The van der Waals surface area contributed by atoms with Gasteiger partial charge in [0.25, 0.3) is 0 Å². The molecule has 2 aliphatic rings. The Kier molecular flexibility index (Phi) is 3.38. The van der Waals surface area contributed by atoms with Gasteiger partial charge in [-0.2, -0.15) is 0 Å². The van der Waals surface area contributed by atoms with E-state index in [0.717, 1.165) is 39.2 Å². The van der Waals surface area contributed by atoms with Gasteiger partial charge in [-0.1, -0.05) is 0 Å². The van der Waals surface area contributed by atoms with Gasteiger partial charge in [0.1, 0.15) is 6.79 Å². The van der Waals surface area contributed by atoms with Crippen LogP contribution in [0.2, 0.25) is 0 Å². The van der Waals surface area contributed by atoms with Gasteiger partial charge in [0.15, 0.2) is 0 Å². The number of nitrogens with one attached hydrogen (secondary N) is 1. The van der Waals surface area contributed by atoms with Crippen molar-refractivity contribution >= 4 is 0 Å². The molecule has 1 N–H and O–H groups in total. The van der Waals surface area contributed by atoms with Crippen molar-refractivity contribution in [1.82, 2.24) is 5.32 Å². The Bertz CT molecular complexity index is 174. The van der Waals surface area contributed by atoms with E-state index in [1.165, 1.54) is 0 Å². The summed E-state index contributed by atoms with van der Waals surface area (Å²) in [7, 11) is 0. The molecule has 2 aliphatic heterocycles. The second-order valence-corrected chi connectivity index (χ2v) is 4.35. The van der Waals surface area contributed by atoms with Crippen molar-refractivity contribution in [2.45, 2.75) is 31.4 Å². The van der Waals surface area contributed by atoms with Crippen LogP contribution in [0.4, 0.5) is 0 Å². The highest BCUT2D eigenvalue weighted by Crippen LogP contribution is 2.18. The van der Waals surface area contributed by atoms with Crippen LogP contribution in [-0.2, 0) is 14.2 Å². The lowest BCUT2D eigenvalue weighted by Gasteiger charge is -2.29. The van der Waals surface area contributed by atoms with E-state index in [1.54, 1.807) is 0 Å². The molecule has 2 rings (SSSR count). The van der Waals surface area contributed by atoms with E-state index in [0.29, 0.717) is 12.9 Å². The highest BCUT2D eigenvalue weighted by Gasteiger charge is 2.30. The van der Waals surface area contributed by atoms with E-state index < -0.39 is 0 Å². The number of ether oxygens (including phenoxy) is 3. The molecule has 0 bridgehead atoms. The van der Waals surface area contributed by atoms with Crippen molar-refractivity contribution in [2.75, 3.05) is 33.2 Å². The predicted octanol–water partition coefficient (Wildman–Crippen LogP) is 0.518. The monoisotopic (exact) mass is 201 g/mol. The van der Waals surface area contributed by atoms with Crippen LogP contribution >= 0.6 is 0 Å².